The number of carboxylic acid groups (broad SMARTS) is 1. The second-order valence-corrected chi connectivity index (χ2v) is 9.53. The molecule has 0 aliphatic heterocycles. The smallest absolute Gasteiger partial charge is 0.407 e. The van der Waals surface area contributed by atoms with Gasteiger partial charge in [-0.25, -0.2) is 4.79 Å². The maximum Gasteiger partial charge on any atom is 0.407 e. The van der Waals surface area contributed by atoms with Crippen LogP contribution in [0.25, 0.3) is 11.1 Å². The van der Waals surface area contributed by atoms with Gasteiger partial charge in [0.1, 0.15) is 6.61 Å². The van der Waals surface area contributed by atoms with Gasteiger partial charge >= 0.3 is 12.1 Å². The molecule has 188 valence electrons. The summed E-state index contributed by atoms with van der Waals surface area (Å²) in [5, 5.41) is 14.8. The molecule has 3 rings (SSSR count). The molecule has 1 aliphatic rings. The Morgan fingerprint density at radius 1 is 0.943 bits per heavy atom. The average Bonchev–Trinajstić information content (AvgIpc) is 3.14. The summed E-state index contributed by atoms with van der Waals surface area (Å²) in [6, 6.07) is 15.5. The number of rotatable bonds is 12. The van der Waals surface area contributed by atoms with Crippen molar-refractivity contribution in [1.82, 2.24) is 10.6 Å². The van der Waals surface area contributed by atoms with Crippen LogP contribution in [-0.2, 0) is 14.3 Å². The molecule has 2 atom stereocenters. The minimum absolute atomic E-state index is 0.0146. The molecule has 0 heterocycles. The Morgan fingerprint density at radius 3 is 2.09 bits per heavy atom. The monoisotopic (exact) mass is 480 g/mol. The molecule has 0 spiro atoms. The first-order chi connectivity index (χ1) is 16.8. The molecule has 1 aliphatic carbocycles. The fourth-order valence-corrected chi connectivity index (χ4v) is 4.61. The summed E-state index contributed by atoms with van der Waals surface area (Å²) in [4.78, 5) is 36.5. The lowest BCUT2D eigenvalue weighted by molar-refractivity contribution is -0.138. The van der Waals surface area contributed by atoms with E-state index in [1.807, 2.05) is 45.0 Å². The quantitative estimate of drug-likeness (QED) is 0.392. The number of hydrogen-bond acceptors (Lipinski definition) is 4. The highest BCUT2D eigenvalue weighted by atomic mass is 16.5. The van der Waals surface area contributed by atoms with Crippen molar-refractivity contribution in [3.8, 4) is 11.1 Å². The fraction of sp³-hybridized carbons (Fsp3) is 0.464. The number of carbonyl (C=O) groups excluding carboxylic acids is 2. The van der Waals surface area contributed by atoms with Gasteiger partial charge in [0.2, 0.25) is 5.91 Å². The van der Waals surface area contributed by atoms with E-state index in [9.17, 15) is 14.4 Å². The van der Waals surface area contributed by atoms with E-state index in [1.54, 1.807) is 0 Å². The summed E-state index contributed by atoms with van der Waals surface area (Å²) in [6.07, 6.45) is 1.81. The number of amides is 2. The van der Waals surface area contributed by atoms with Crippen LogP contribution in [0.2, 0.25) is 0 Å². The van der Waals surface area contributed by atoms with Gasteiger partial charge < -0.3 is 20.5 Å². The Hall–Kier alpha value is -3.35. The first kappa shape index (κ1) is 26.3. The number of ether oxygens (including phenoxy) is 1. The predicted molar refractivity (Wildman–Crippen MR) is 135 cm³/mol. The van der Waals surface area contributed by atoms with E-state index in [0.29, 0.717) is 6.42 Å². The molecule has 2 aromatic carbocycles. The SMILES string of the molecule is CCCCC(CC(=O)N[C@@H](CC(=O)O)C(C)C)NC(=O)OCC1c2ccccc2-c2ccccc21. The van der Waals surface area contributed by atoms with E-state index in [0.717, 1.165) is 35.1 Å². The Bertz CT molecular complexity index is 990. The number of unbranched alkanes of at least 4 members (excludes halogenated alkanes) is 1. The van der Waals surface area contributed by atoms with Gasteiger partial charge in [-0.2, -0.15) is 0 Å². The van der Waals surface area contributed by atoms with Crippen molar-refractivity contribution < 1.29 is 24.2 Å². The standard InChI is InChI=1S/C28H36N2O5/c1-4-5-10-19(15-26(31)30-25(18(2)3)16-27(32)33)29-28(34)35-17-24-22-13-8-6-11-20(22)21-12-7-9-14-23(21)24/h6-9,11-14,18-19,24-25H,4-5,10,15-17H2,1-3H3,(H,29,34)(H,30,31)(H,32,33)/t19?,25-/m0/s1. The van der Waals surface area contributed by atoms with Crippen molar-refractivity contribution >= 4 is 18.0 Å². The van der Waals surface area contributed by atoms with Crippen LogP contribution in [0.5, 0.6) is 0 Å². The van der Waals surface area contributed by atoms with Crippen LogP contribution >= 0.6 is 0 Å². The number of carbonyl (C=O) groups is 3. The highest BCUT2D eigenvalue weighted by Crippen LogP contribution is 2.44. The molecule has 2 amide bonds. The van der Waals surface area contributed by atoms with Crippen LogP contribution in [0.4, 0.5) is 4.79 Å². The van der Waals surface area contributed by atoms with Crippen LogP contribution in [0, 0.1) is 5.92 Å². The Kier molecular flexibility index (Phi) is 9.29. The highest BCUT2D eigenvalue weighted by Gasteiger charge is 2.29. The molecule has 1 unspecified atom stereocenters. The van der Waals surface area contributed by atoms with Crippen molar-refractivity contribution in [2.75, 3.05) is 6.61 Å². The van der Waals surface area contributed by atoms with E-state index in [4.69, 9.17) is 9.84 Å². The molecule has 7 heteroatoms. The maximum atomic E-state index is 12.7. The van der Waals surface area contributed by atoms with Crippen LogP contribution in [-0.4, -0.2) is 41.8 Å². The number of fused-ring (bicyclic) bond motifs is 3. The van der Waals surface area contributed by atoms with E-state index in [-0.39, 0.29) is 43.2 Å². The van der Waals surface area contributed by atoms with Gasteiger partial charge in [0, 0.05) is 24.4 Å². The molecule has 2 aromatic rings. The number of benzene rings is 2. The molecule has 0 saturated carbocycles. The minimum atomic E-state index is -0.955. The van der Waals surface area contributed by atoms with E-state index < -0.39 is 18.1 Å². The van der Waals surface area contributed by atoms with E-state index >= 15 is 0 Å². The second kappa shape index (κ2) is 12.4. The zero-order chi connectivity index (χ0) is 25.4. The molecule has 35 heavy (non-hydrogen) atoms. The molecular weight excluding hydrogens is 444 g/mol. The van der Waals surface area contributed by atoms with Gasteiger partial charge in [0.05, 0.1) is 6.42 Å². The van der Waals surface area contributed by atoms with Crippen molar-refractivity contribution in [1.29, 1.82) is 0 Å². The third kappa shape index (κ3) is 7.07. The van der Waals surface area contributed by atoms with Crippen molar-refractivity contribution in [3.63, 3.8) is 0 Å². The van der Waals surface area contributed by atoms with Crippen LogP contribution in [0.15, 0.2) is 48.5 Å². The molecule has 0 radical (unpaired) electrons. The summed E-state index contributed by atoms with van der Waals surface area (Å²) < 4.78 is 5.64. The lowest BCUT2D eigenvalue weighted by Gasteiger charge is -2.23. The van der Waals surface area contributed by atoms with Crippen molar-refractivity contribution in [2.45, 2.75) is 70.9 Å². The third-order valence-corrected chi connectivity index (χ3v) is 6.55. The first-order valence-electron chi connectivity index (χ1n) is 12.4. The molecule has 3 N–H and O–H groups in total. The van der Waals surface area contributed by atoms with Gasteiger partial charge in [-0.1, -0.05) is 82.1 Å². The summed E-state index contributed by atoms with van der Waals surface area (Å²) in [6.45, 7) is 6.00. The zero-order valence-corrected chi connectivity index (χ0v) is 20.8. The highest BCUT2D eigenvalue weighted by molar-refractivity contribution is 5.80. The number of aliphatic carboxylic acids is 1. The minimum Gasteiger partial charge on any atom is -0.481 e. The molecule has 0 saturated heterocycles. The van der Waals surface area contributed by atoms with Crippen molar-refractivity contribution in [3.05, 3.63) is 59.7 Å². The fourth-order valence-electron chi connectivity index (χ4n) is 4.61. The summed E-state index contributed by atoms with van der Waals surface area (Å²) in [7, 11) is 0. The van der Waals surface area contributed by atoms with E-state index in [2.05, 4.69) is 34.9 Å². The van der Waals surface area contributed by atoms with Gasteiger partial charge in [0.25, 0.3) is 0 Å². The molecule has 0 fully saturated rings. The van der Waals surface area contributed by atoms with Crippen molar-refractivity contribution in [2.24, 2.45) is 5.92 Å². The van der Waals surface area contributed by atoms with Crippen LogP contribution in [0.3, 0.4) is 0 Å². The number of hydrogen-bond donors (Lipinski definition) is 3. The van der Waals surface area contributed by atoms with Gasteiger partial charge in [-0.3, -0.25) is 9.59 Å². The molecular formula is C28H36N2O5. The Labute approximate surface area is 207 Å². The maximum absolute atomic E-state index is 12.7. The normalized spacial score (nSPS) is 14.1. The second-order valence-electron chi connectivity index (χ2n) is 9.53. The third-order valence-electron chi connectivity index (χ3n) is 6.55. The Morgan fingerprint density at radius 2 is 1.54 bits per heavy atom. The number of carboxylic acids is 1. The molecule has 0 aromatic heterocycles. The lowest BCUT2D eigenvalue weighted by atomic mass is 9.98. The van der Waals surface area contributed by atoms with Gasteiger partial charge in [0.15, 0.2) is 0 Å². The van der Waals surface area contributed by atoms with Crippen LogP contribution in [0.1, 0.15) is 69.9 Å². The van der Waals surface area contributed by atoms with Gasteiger partial charge in [-0.15, -0.1) is 0 Å². The summed E-state index contributed by atoms with van der Waals surface area (Å²) in [5.41, 5.74) is 4.61. The predicted octanol–water partition coefficient (Wildman–Crippen LogP) is 5.09. The Balaban J connectivity index is 1.60. The lowest BCUT2D eigenvalue weighted by Crippen LogP contribution is -2.44. The average molecular weight is 481 g/mol. The largest absolute Gasteiger partial charge is 0.481 e. The number of nitrogens with one attached hydrogen (secondary N) is 2. The molecule has 0 bridgehead atoms. The zero-order valence-electron chi connectivity index (χ0n) is 20.8. The molecule has 7 nitrogen and oxygen atoms in total. The number of alkyl carbamates (subject to hydrolysis) is 1. The summed E-state index contributed by atoms with van der Waals surface area (Å²) >= 11 is 0. The van der Waals surface area contributed by atoms with Gasteiger partial charge in [-0.05, 0) is 34.6 Å². The summed E-state index contributed by atoms with van der Waals surface area (Å²) in [5.74, 6) is -1.28. The van der Waals surface area contributed by atoms with Crippen LogP contribution < -0.4 is 10.6 Å². The topological polar surface area (TPSA) is 105 Å². The van der Waals surface area contributed by atoms with E-state index in [1.165, 1.54) is 0 Å². The first-order valence-corrected chi connectivity index (χ1v) is 12.4.